The van der Waals surface area contributed by atoms with Gasteiger partial charge >= 0.3 is 0 Å². The van der Waals surface area contributed by atoms with Gasteiger partial charge in [-0.05, 0) is 334 Å². The molecule has 7 N–H and O–H groups in total. The second-order valence-corrected chi connectivity index (χ2v) is 55.3. The molecule has 11 saturated heterocycles. The summed E-state index contributed by atoms with van der Waals surface area (Å²) in [4.78, 5) is 7.56. The van der Waals surface area contributed by atoms with E-state index in [9.17, 15) is 0 Å². The Hall–Kier alpha value is -0.520. The Labute approximate surface area is 773 Å². The molecule has 123 heavy (non-hydrogen) atoms. The summed E-state index contributed by atoms with van der Waals surface area (Å²) in [6.07, 6.45) is 39.2. The van der Waals surface area contributed by atoms with E-state index < -0.39 is 0 Å². The number of hydrogen-bond donors (Lipinski definition) is 7. The molecule has 13 heteroatoms. The largest absolute Gasteiger partial charge is 0.379 e. The van der Waals surface area contributed by atoms with E-state index in [2.05, 4.69) is 301 Å². The Morgan fingerprint density at radius 1 is 0.220 bits per heavy atom. The Bertz CT molecular complexity index is 2070. The summed E-state index contributed by atoms with van der Waals surface area (Å²) in [6, 6.07) is 2.19. The Morgan fingerprint density at radius 2 is 0.569 bits per heavy atom. The van der Waals surface area contributed by atoms with Crippen LogP contribution in [0, 0.1) is 94.6 Å². The summed E-state index contributed by atoms with van der Waals surface area (Å²) in [7, 11) is 0. The molecule has 11 aliphatic heterocycles. The first-order valence-corrected chi connectivity index (χ1v) is 52.4. The number of morpholine rings is 2. The summed E-state index contributed by atoms with van der Waals surface area (Å²) < 4.78 is 16.3. The van der Waals surface area contributed by atoms with Crippen molar-refractivity contribution >= 4 is 0 Å². The lowest BCUT2D eigenvalue weighted by Crippen LogP contribution is -2.44. The van der Waals surface area contributed by atoms with Crippen LogP contribution in [0.1, 0.15) is 429 Å². The highest BCUT2D eigenvalue weighted by atomic mass is 16.5. The van der Waals surface area contributed by atoms with Gasteiger partial charge in [0.2, 0.25) is 0 Å². The molecule has 0 bridgehead atoms. The zero-order chi connectivity index (χ0) is 93.5. The minimum absolute atomic E-state index is 0.415. The topological polar surface area (TPSA) is 122 Å². The van der Waals surface area contributed by atoms with Crippen molar-refractivity contribution in [3.63, 3.8) is 0 Å². The molecule has 11 heterocycles. The molecular formula is C110H230N10O3. The molecule has 738 valence electrons. The van der Waals surface area contributed by atoms with Gasteiger partial charge in [-0.1, -0.05) is 281 Å². The fraction of sp³-hybridized carbons (Fsp3) is 1.00. The van der Waals surface area contributed by atoms with Crippen LogP contribution in [0.5, 0.6) is 0 Å². The summed E-state index contributed by atoms with van der Waals surface area (Å²) in [5, 5.41) is 24.0. The number of rotatable bonds is 12. The quantitative estimate of drug-likeness (QED) is 0.101. The molecule has 0 aromatic carbocycles. The fourth-order valence-corrected chi connectivity index (χ4v) is 19.6. The highest BCUT2D eigenvalue weighted by molar-refractivity contribution is 4.86. The smallest absolute Gasteiger partial charge is 0.0620 e. The molecule has 6 atom stereocenters. The van der Waals surface area contributed by atoms with Gasteiger partial charge in [0, 0.05) is 64.0 Å². The highest BCUT2D eigenvalue weighted by Crippen LogP contribution is 2.37. The van der Waals surface area contributed by atoms with Crippen LogP contribution >= 0.6 is 0 Å². The van der Waals surface area contributed by atoms with E-state index in [-0.39, 0.29) is 0 Å². The van der Waals surface area contributed by atoms with Gasteiger partial charge in [0.15, 0.2) is 0 Å². The average molecular weight is 1740 g/mol. The molecule has 13 nitrogen and oxygen atoms in total. The average Bonchev–Trinajstić information content (AvgIpc) is 1.85. The minimum Gasteiger partial charge on any atom is -0.379 e. The number of hydrogen-bond acceptors (Lipinski definition) is 13. The Morgan fingerprint density at radius 3 is 0.894 bits per heavy atom. The van der Waals surface area contributed by atoms with Gasteiger partial charge in [0.25, 0.3) is 0 Å². The van der Waals surface area contributed by atoms with Crippen LogP contribution in [0.25, 0.3) is 0 Å². The third-order valence-corrected chi connectivity index (χ3v) is 24.2. The summed E-state index contributed by atoms with van der Waals surface area (Å²) >= 11 is 0. The summed E-state index contributed by atoms with van der Waals surface area (Å²) in [5.41, 5.74) is 5.94. The van der Waals surface area contributed by atoms with E-state index in [4.69, 9.17) is 14.2 Å². The van der Waals surface area contributed by atoms with Gasteiger partial charge in [-0.3, -0.25) is 4.90 Å². The SMILES string of the molecule is CC(C)(C)CC1CCCC1.CC(C)(C)CC1CCCCN1.CC(C)(C)CC1CCCCO1.CC(C)(C)CC1CCCNC1.CC(C)(C)CC1CCN1.CC(C)(C)CC1CCNC1.CC(C)(C)CC1CCNCC1.CC(C)(C)CC1CNC1.CC(C)(C)CC1COCCN1.CC(C)(C)CN1CCC1.CC(C)(C)CN1CCCC1.CC(C)(C)CN1CCOCC1. The van der Waals surface area contributed by atoms with Crippen molar-refractivity contribution < 1.29 is 14.2 Å². The molecule has 1 aliphatic carbocycles. The summed E-state index contributed by atoms with van der Waals surface area (Å²) in [5.74, 6) is 4.88. The molecular weight excluding hydrogens is 1510 g/mol. The fourth-order valence-electron chi connectivity index (χ4n) is 19.6. The zero-order valence-corrected chi connectivity index (χ0v) is 90.7. The molecule has 1 saturated carbocycles. The normalized spacial score (nSPS) is 24.6. The molecule has 0 amide bonds. The second-order valence-electron chi connectivity index (χ2n) is 55.3. The van der Waals surface area contributed by atoms with Crippen molar-refractivity contribution in [1.29, 1.82) is 0 Å². The first-order chi connectivity index (χ1) is 56.4. The maximum Gasteiger partial charge on any atom is 0.0620 e. The van der Waals surface area contributed by atoms with Crippen LogP contribution in [-0.2, 0) is 14.2 Å². The molecule has 12 rings (SSSR count). The summed E-state index contributed by atoms with van der Waals surface area (Å²) in [6.45, 7) is 112. The van der Waals surface area contributed by atoms with Crippen LogP contribution in [-0.4, -0.2) is 203 Å². The van der Waals surface area contributed by atoms with Crippen LogP contribution in [0.2, 0.25) is 0 Å². The second kappa shape index (κ2) is 60.7. The van der Waals surface area contributed by atoms with Crippen LogP contribution in [0.4, 0.5) is 0 Å². The van der Waals surface area contributed by atoms with E-state index in [0.29, 0.717) is 77.1 Å². The van der Waals surface area contributed by atoms with Crippen LogP contribution in [0.3, 0.4) is 0 Å². The van der Waals surface area contributed by atoms with E-state index >= 15 is 0 Å². The van der Waals surface area contributed by atoms with Crippen molar-refractivity contribution in [1.82, 2.24) is 51.9 Å². The molecule has 12 fully saturated rings. The highest BCUT2D eigenvalue weighted by Gasteiger charge is 2.30. The molecule has 0 aromatic heterocycles. The molecule has 12 aliphatic rings. The van der Waals surface area contributed by atoms with E-state index in [0.717, 1.165) is 94.3 Å². The van der Waals surface area contributed by atoms with E-state index in [1.165, 1.54) is 291 Å². The lowest BCUT2D eigenvalue weighted by atomic mass is 9.81. The van der Waals surface area contributed by atoms with Gasteiger partial charge < -0.3 is 61.2 Å². The molecule has 0 spiro atoms. The standard InChI is InChI=1S/3C10H21N.C10H20O.C10H20.2C9H19NO.2C9H19N.3C8H17N/c1-10(2,3)8-9-4-6-11-7-5-9;1-10(2,3)7-9-5-4-6-11-8-9;2*1-10(2,3)8-9-6-4-5-7-11-9;1-10(2,3)8-9-6-4-5-7-9;1-9(2,3)8-10-4-6-11-7-5-10;1-9(2,3)6-8-7-11-5-4-10-8;1-9(2,3)6-8-4-5-10-7-8;1-9(2,3)8-10-6-4-5-7-10;1-8(2,3)4-7-5-9-6-7;1-8(2,3)6-7-4-5-9-7;1-8(2,3)7-9-5-4-6-9/h3*9,11H,4-8H2,1-3H3;9H,4-8H2,1-3H3;9H,4-8H2,1-3H3;4-8H2,1-3H3;8,10H,4-7H2,1-3H3;8,10H,4-7H2,1-3H3;4-8H2,1-3H3;2*7,9H,4-6H2,1-3H3;4-7H2,1-3H3. The monoisotopic (exact) mass is 1740 g/mol. The van der Waals surface area contributed by atoms with Crippen LogP contribution in [0.15, 0.2) is 0 Å². The van der Waals surface area contributed by atoms with Crippen molar-refractivity contribution in [2.75, 3.05) is 164 Å². The van der Waals surface area contributed by atoms with Gasteiger partial charge in [0.05, 0.1) is 32.5 Å². The predicted molar refractivity (Wildman–Crippen MR) is 548 cm³/mol. The maximum atomic E-state index is 5.65. The Kier molecular flexibility index (Phi) is 59.4. The lowest BCUT2D eigenvalue weighted by molar-refractivity contribution is -0.00700. The first-order valence-electron chi connectivity index (χ1n) is 52.4. The molecule has 0 radical (unpaired) electrons. The third kappa shape index (κ3) is 80.8. The molecule has 0 aromatic rings. The van der Waals surface area contributed by atoms with Crippen molar-refractivity contribution in [3.8, 4) is 0 Å². The van der Waals surface area contributed by atoms with Gasteiger partial charge in [0.1, 0.15) is 0 Å². The first kappa shape index (κ1) is 120. The maximum absolute atomic E-state index is 5.65. The lowest BCUT2D eigenvalue weighted by Gasteiger charge is -2.36. The van der Waals surface area contributed by atoms with Gasteiger partial charge in [-0.2, -0.15) is 0 Å². The third-order valence-electron chi connectivity index (χ3n) is 24.2. The van der Waals surface area contributed by atoms with Gasteiger partial charge in [-0.15, -0.1) is 0 Å². The van der Waals surface area contributed by atoms with Crippen molar-refractivity contribution in [2.24, 2.45) is 94.6 Å². The Balaban J connectivity index is 0.000000671. The van der Waals surface area contributed by atoms with E-state index in [1.54, 1.807) is 0 Å². The number of ether oxygens (including phenoxy) is 3. The molecule has 6 unspecified atom stereocenters. The number of likely N-dealkylation sites (tertiary alicyclic amines) is 2. The van der Waals surface area contributed by atoms with Gasteiger partial charge in [-0.25, -0.2) is 0 Å². The predicted octanol–water partition coefficient (Wildman–Crippen LogP) is 26.1. The number of piperidine rings is 3. The van der Waals surface area contributed by atoms with Crippen molar-refractivity contribution in [3.05, 3.63) is 0 Å². The van der Waals surface area contributed by atoms with Crippen molar-refractivity contribution in [2.45, 2.75) is 453 Å². The minimum atomic E-state index is 0.415. The number of nitrogens with one attached hydrogen (secondary N) is 7. The van der Waals surface area contributed by atoms with Crippen LogP contribution < -0.4 is 37.2 Å². The van der Waals surface area contributed by atoms with E-state index in [1.807, 2.05) is 0 Å². The zero-order valence-electron chi connectivity index (χ0n) is 90.7. The number of nitrogens with zero attached hydrogens (tertiary/aromatic N) is 3.